The van der Waals surface area contributed by atoms with Gasteiger partial charge in [-0.25, -0.2) is 0 Å². The lowest BCUT2D eigenvalue weighted by atomic mass is 10.1. The maximum atomic E-state index is 12.0. The minimum absolute atomic E-state index is 0.000111. The van der Waals surface area contributed by atoms with Crippen molar-refractivity contribution in [3.8, 4) is 11.8 Å². The van der Waals surface area contributed by atoms with Gasteiger partial charge >= 0.3 is 6.61 Å². The lowest BCUT2D eigenvalue weighted by molar-refractivity contribution is -0.0501. The van der Waals surface area contributed by atoms with Crippen LogP contribution in [0.3, 0.4) is 0 Å². The third-order valence-corrected chi connectivity index (χ3v) is 1.87. The Kier molecular flexibility index (Phi) is 4.40. The fourth-order valence-corrected chi connectivity index (χ4v) is 1.20. The van der Waals surface area contributed by atoms with E-state index >= 15 is 0 Å². The Hall–Kier alpha value is -1.96. The van der Waals surface area contributed by atoms with Gasteiger partial charge in [0.15, 0.2) is 5.78 Å². The van der Waals surface area contributed by atoms with Crippen molar-refractivity contribution in [2.75, 3.05) is 0 Å². The number of alkyl halides is 2. The van der Waals surface area contributed by atoms with E-state index in [1.807, 2.05) is 6.07 Å². The van der Waals surface area contributed by atoms with Gasteiger partial charge in [-0.1, -0.05) is 12.1 Å². The SMILES string of the molecule is N#CCCC(=O)c1ccccc1OC(F)F. The first-order chi connectivity index (χ1) is 7.65. The number of rotatable bonds is 5. The van der Waals surface area contributed by atoms with E-state index in [4.69, 9.17) is 5.26 Å². The predicted molar refractivity (Wildman–Crippen MR) is 52.3 cm³/mol. The van der Waals surface area contributed by atoms with Gasteiger partial charge in [-0.2, -0.15) is 14.0 Å². The molecule has 0 spiro atoms. The molecule has 5 heteroatoms. The topological polar surface area (TPSA) is 50.1 Å². The molecule has 0 aliphatic heterocycles. The van der Waals surface area contributed by atoms with Crippen molar-refractivity contribution in [3.05, 3.63) is 29.8 Å². The lowest BCUT2D eigenvalue weighted by Crippen LogP contribution is -2.07. The number of ether oxygens (including phenoxy) is 1. The summed E-state index contributed by atoms with van der Waals surface area (Å²) >= 11 is 0. The average molecular weight is 225 g/mol. The molecule has 16 heavy (non-hydrogen) atoms. The van der Waals surface area contributed by atoms with Gasteiger partial charge in [0.05, 0.1) is 11.6 Å². The first kappa shape index (κ1) is 12.1. The van der Waals surface area contributed by atoms with Crippen LogP contribution >= 0.6 is 0 Å². The molecule has 0 saturated carbocycles. The Morgan fingerprint density at radius 1 is 1.44 bits per heavy atom. The molecule has 84 valence electrons. The molecule has 0 amide bonds. The maximum Gasteiger partial charge on any atom is 0.387 e. The molecular weight excluding hydrogens is 216 g/mol. The quantitative estimate of drug-likeness (QED) is 0.724. The smallest absolute Gasteiger partial charge is 0.387 e. The van der Waals surface area contributed by atoms with E-state index in [1.54, 1.807) is 6.07 Å². The molecule has 0 aromatic heterocycles. The van der Waals surface area contributed by atoms with Gasteiger partial charge in [0.25, 0.3) is 0 Å². The molecule has 1 aromatic rings. The molecule has 0 fully saturated rings. The van der Waals surface area contributed by atoms with Crippen LogP contribution in [0.2, 0.25) is 0 Å². The summed E-state index contributed by atoms with van der Waals surface area (Å²) < 4.78 is 28.3. The molecule has 1 rings (SSSR count). The third kappa shape index (κ3) is 3.31. The maximum absolute atomic E-state index is 12.0. The van der Waals surface area contributed by atoms with Gasteiger partial charge in [-0.05, 0) is 12.1 Å². The molecule has 0 N–H and O–H groups in total. The normalized spacial score (nSPS) is 9.88. The van der Waals surface area contributed by atoms with E-state index in [-0.39, 0.29) is 29.9 Å². The molecule has 1 aromatic carbocycles. The van der Waals surface area contributed by atoms with Gasteiger partial charge in [-0.15, -0.1) is 0 Å². The highest BCUT2D eigenvalue weighted by molar-refractivity contribution is 5.98. The standard InChI is InChI=1S/C11H9F2NO2/c12-11(13)16-10-6-2-1-4-8(10)9(15)5-3-7-14/h1-2,4,6,11H,3,5H2. The van der Waals surface area contributed by atoms with Gasteiger partial charge < -0.3 is 4.74 Å². The first-order valence-electron chi connectivity index (χ1n) is 4.59. The average Bonchev–Trinajstić information content (AvgIpc) is 2.26. The summed E-state index contributed by atoms with van der Waals surface area (Å²) in [5.41, 5.74) is 0.0815. The van der Waals surface area contributed by atoms with Crippen LogP contribution < -0.4 is 4.74 Å². The number of Topliss-reactive ketones (excluding diaryl/α,β-unsaturated/α-hetero) is 1. The van der Waals surface area contributed by atoms with Crippen LogP contribution in [-0.4, -0.2) is 12.4 Å². The molecular formula is C11H9F2NO2. The van der Waals surface area contributed by atoms with E-state index in [9.17, 15) is 13.6 Å². The second-order valence-electron chi connectivity index (χ2n) is 2.96. The summed E-state index contributed by atoms with van der Waals surface area (Å²) in [7, 11) is 0. The van der Waals surface area contributed by atoms with Crippen molar-refractivity contribution in [1.29, 1.82) is 5.26 Å². The second-order valence-corrected chi connectivity index (χ2v) is 2.96. The largest absolute Gasteiger partial charge is 0.434 e. The van der Waals surface area contributed by atoms with Crippen molar-refractivity contribution < 1.29 is 18.3 Å². The van der Waals surface area contributed by atoms with E-state index in [2.05, 4.69) is 4.74 Å². The highest BCUT2D eigenvalue weighted by atomic mass is 19.3. The Bertz CT molecular complexity index is 413. The molecule has 0 radical (unpaired) electrons. The van der Waals surface area contributed by atoms with Crippen LogP contribution in [0.5, 0.6) is 5.75 Å². The molecule has 0 saturated heterocycles. The summed E-state index contributed by atoms with van der Waals surface area (Å²) in [4.78, 5) is 11.5. The van der Waals surface area contributed by atoms with Gasteiger partial charge in [0, 0.05) is 12.8 Å². The zero-order valence-electron chi connectivity index (χ0n) is 8.32. The predicted octanol–water partition coefficient (Wildman–Crippen LogP) is 2.77. The van der Waals surface area contributed by atoms with Gasteiger partial charge in [-0.3, -0.25) is 4.79 Å². The Morgan fingerprint density at radius 2 is 2.12 bits per heavy atom. The fourth-order valence-electron chi connectivity index (χ4n) is 1.20. The van der Waals surface area contributed by atoms with Gasteiger partial charge in [0.1, 0.15) is 5.75 Å². The van der Waals surface area contributed by atoms with Crippen LogP contribution in [0.25, 0.3) is 0 Å². The number of nitrogens with zero attached hydrogens (tertiary/aromatic N) is 1. The molecule has 0 bridgehead atoms. The van der Waals surface area contributed by atoms with E-state index in [1.165, 1.54) is 18.2 Å². The number of nitriles is 1. The summed E-state index contributed by atoms with van der Waals surface area (Å²) in [6, 6.07) is 7.57. The zero-order valence-corrected chi connectivity index (χ0v) is 8.32. The lowest BCUT2D eigenvalue weighted by Gasteiger charge is -2.08. The number of ketones is 1. The molecule has 0 aliphatic carbocycles. The number of hydrogen-bond donors (Lipinski definition) is 0. The van der Waals surface area contributed by atoms with Crippen LogP contribution in [0.1, 0.15) is 23.2 Å². The zero-order chi connectivity index (χ0) is 12.0. The molecule has 0 heterocycles. The summed E-state index contributed by atoms with van der Waals surface area (Å²) in [5, 5.41) is 8.32. The monoisotopic (exact) mass is 225 g/mol. The molecule has 0 aliphatic rings. The second kappa shape index (κ2) is 5.81. The van der Waals surface area contributed by atoms with Crippen LogP contribution in [0.15, 0.2) is 24.3 Å². The van der Waals surface area contributed by atoms with Crippen molar-refractivity contribution >= 4 is 5.78 Å². The summed E-state index contributed by atoms with van der Waals surface area (Å²) in [5.74, 6) is -0.529. The van der Waals surface area contributed by atoms with E-state index in [0.717, 1.165) is 0 Å². The molecule has 0 unspecified atom stereocenters. The number of carbonyl (C=O) groups is 1. The van der Waals surface area contributed by atoms with E-state index in [0.29, 0.717) is 0 Å². The van der Waals surface area contributed by atoms with Crippen molar-refractivity contribution in [2.45, 2.75) is 19.5 Å². The molecule has 0 atom stereocenters. The summed E-state index contributed by atoms with van der Waals surface area (Å²) in [6.07, 6.45) is 0.0575. The van der Waals surface area contributed by atoms with Crippen LogP contribution in [-0.2, 0) is 0 Å². The Morgan fingerprint density at radius 3 is 2.75 bits per heavy atom. The Balaban J connectivity index is 2.86. The molecule has 3 nitrogen and oxygen atoms in total. The Labute approximate surface area is 91.3 Å². The van der Waals surface area contributed by atoms with Gasteiger partial charge in [0.2, 0.25) is 0 Å². The minimum Gasteiger partial charge on any atom is -0.434 e. The van der Waals surface area contributed by atoms with Crippen molar-refractivity contribution in [3.63, 3.8) is 0 Å². The van der Waals surface area contributed by atoms with E-state index < -0.39 is 6.61 Å². The van der Waals surface area contributed by atoms with Crippen molar-refractivity contribution in [1.82, 2.24) is 0 Å². The highest BCUT2D eigenvalue weighted by Crippen LogP contribution is 2.21. The number of hydrogen-bond acceptors (Lipinski definition) is 3. The fraction of sp³-hybridized carbons (Fsp3) is 0.273. The van der Waals surface area contributed by atoms with Crippen LogP contribution in [0, 0.1) is 11.3 Å². The summed E-state index contributed by atoms with van der Waals surface area (Å²) in [6.45, 7) is -2.97. The first-order valence-corrected chi connectivity index (χ1v) is 4.59. The minimum atomic E-state index is -2.97. The number of carbonyl (C=O) groups excluding carboxylic acids is 1. The number of benzene rings is 1. The number of halogens is 2. The third-order valence-electron chi connectivity index (χ3n) is 1.87. The van der Waals surface area contributed by atoms with Crippen molar-refractivity contribution in [2.24, 2.45) is 0 Å². The highest BCUT2D eigenvalue weighted by Gasteiger charge is 2.14. The number of para-hydroxylation sites is 1. The van der Waals surface area contributed by atoms with Crippen LogP contribution in [0.4, 0.5) is 8.78 Å².